The monoisotopic (exact) mass is 344 g/mol. The molecule has 2 saturated heterocycles. The molecule has 0 radical (unpaired) electrons. The molecule has 1 aromatic carbocycles. The Morgan fingerprint density at radius 1 is 1.12 bits per heavy atom. The lowest BCUT2D eigenvalue weighted by molar-refractivity contribution is -0.116. The van der Waals surface area contributed by atoms with Gasteiger partial charge in [-0.25, -0.2) is 0 Å². The number of amides is 1. The molecule has 1 amide bonds. The molecular formula is C20H32N4O. The van der Waals surface area contributed by atoms with E-state index in [4.69, 9.17) is 0 Å². The number of nitrogens with one attached hydrogen (secondary N) is 1. The highest BCUT2D eigenvalue weighted by Crippen LogP contribution is 2.21. The van der Waals surface area contributed by atoms with Crippen LogP contribution in [0.15, 0.2) is 24.3 Å². The van der Waals surface area contributed by atoms with Gasteiger partial charge in [0.15, 0.2) is 0 Å². The lowest BCUT2D eigenvalue weighted by Crippen LogP contribution is -2.40. The van der Waals surface area contributed by atoms with Gasteiger partial charge in [0.05, 0.1) is 0 Å². The molecule has 2 heterocycles. The van der Waals surface area contributed by atoms with Crippen molar-refractivity contribution in [1.82, 2.24) is 9.80 Å². The summed E-state index contributed by atoms with van der Waals surface area (Å²) in [6, 6.07) is 8.65. The maximum absolute atomic E-state index is 12.3. The largest absolute Gasteiger partial charge is 0.378 e. The van der Waals surface area contributed by atoms with Gasteiger partial charge < -0.3 is 15.1 Å². The average molecular weight is 345 g/mol. The van der Waals surface area contributed by atoms with E-state index < -0.39 is 0 Å². The molecule has 2 aliphatic heterocycles. The molecule has 1 aromatic rings. The van der Waals surface area contributed by atoms with Gasteiger partial charge in [0.25, 0.3) is 0 Å². The van der Waals surface area contributed by atoms with E-state index in [1.165, 1.54) is 45.3 Å². The summed E-state index contributed by atoms with van der Waals surface area (Å²) in [5.74, 6) is 0.115. The van der Waals surface area contributed by atoms with Gasteiger partial charge in [-0.1, -0.05) is 0 Å². The van der Waals surface area contributed by atoms with Gasteiger partial charge in [-0.15, -0.1) is 0 Å². The van der Waals surface area contributed by atoms with Crippen molar-refractivity contribution in [3.8, 4) is 0 Å². The minimum Gasteiger partial charge on any atom is -0.378 e. The zero-order valence-electron chi connectivity index (χ0n) is 15.7. The van der Waals surface area contributed by atoms with Gasteiger partial charge in [0.1, 0.15) is 0 Å². The zero-order chi connectivity index (χ0) is 17.6. The van der Waals surface area contributed by atoms with Crippen molar-refractivity contribution in [2.75, 3.05) is 57.0 Å². The molecule has 138 valence electrons. The fraction of sp³-hybridized carbons (Fsp3) is 0.650. The first-order valence-corrected chi connectivity index (χ1v) is 9.65. The van der Waals surface area contributed by atoms with Crippen LogP contribution in [0.3, 0.4) is 0 Å². The third-order valence-electron chi connectivity index (χ3n) is 5.46. The Bertz CT molecular complexity index is 551. The van der Waals surface area contributed by atoms with Crippen molar-refractivity contribution in [1.29, 1.82) is 0 Å². The SMILES string of the molecule is CN(C)c1ccc(NC(=O)CCN2CCC[C@H]2CN2CCCC2)cc1. The zero-order valence-corrected chi connectivity index (χ0v) is 15.7. The second kappa shape index (κ2) is 8.68. The molecule has 5 nitrogen and oxygen atoms in total. The minimum absolute atomic E-state index is 0.115. The third kappa shape index (κ3) is 5.19. The first kappa shape index (κ1) is 18.2. The van der Waals surface area contributed by atoms with Crippen molar-refractivity contribution >= 4 is 17.3 Å². The summed E-state index contributed by atoms with van der Waals surface area (Å²) in [6.45, 7) is 5.72. The molecule has 1 N–H and O–H groups in total. The number of carbonyl (C=O) groups is 1. The lowest BCUT2D eigenvalue weighted by Gasteiger charge is -2.28. The second-order valence-electron chi connectivity index (χ2n) is 7.58. The van der Waals surface area contributed by atoms with Crippen LogP contribution < -0.4 is 10.2 Å². The number of benzene rings is 1. The summed E-state index contributed by atoms with van der Waals surface area (Å²) in [4.78, 5) is 19.4. The molecule has 0 spiro atoms. The summed E-state index contributed by atoms with van der Waals surface area (Å²) < 4.78 is 0. The summed E-state index contributed by atoms with van der Waals surface area (Å²) in [7, 11) is 4.03. The van der Waals surface area contributed by atoms with Crippen LogP contribution in [0.4, 0.5) is 11.4 Å². The maximum atomic E-state index is 12.3. The normalized spacial score (nSPS) is 21.6. The number of rotatable bonds is 7. The first-order chi connectivity index (χ1) is 12.1. The summed E-state index contributed by atoms with van der Waals surface area (Å²) >= 11 is 0. The molecular weight excluding hydrogens is 312 g/mol. The van der Waals surface area contributed by atoms with Crippen LogP contribution in [0, 0.1) is 0 Å². The van der Waals surface area contributed by atoms with Crippen molar-refractivity contribution in [2.45, 2.75) is 38.1 Å². The lowest BCUT2D eigenvalue weighted by atomic mass is 10.2. The number of likely N-dealkylation sites (tertiary alicyclic amines) is 2. The van der Waals surface area contributed by atoms with Crippen LogP contribution in [0.2, 0.25) is 0 Å². The molecule has 3 rings (SSSR count). The van der Waals surface area contributed by atoms with Gasteiger partial charge in [-0.3, -0.25) is 9.69 Å². The number of hydrogen-bond donors (Lipinski definition) is 1. The van der Waals surface area contributed by atoms with Crippen molar-refractivity contribution in [2.24, 2.45) is 0 Å². The van der Waals surface area contributed by atoms with Crippen LogP contribution in [-0.4, -0.2) is 68.6 Å². The van der Waals surface area contributed by atoms with E-state index >= 15 is 0 Å². The fourth-order valence-electron chi connectivity index (χ4n) is 3.97. The van der Waals surface area contributed by atoms with E-state index in [-0.39, 0.29) is 5.91 Å². The molecule has 2 aliphatic rings. The van der Waals surface area contributed by atoms with Crippen LogP contribution >= 0.6 is 0 Å². The van der Waals surface area contributed by atoms with Crippen molar-refractivity contribution < 1.29 is 4.79 Å². The predicted molar refractivity (Wildman–Crippen MR) is 104 cm³/mol. The summed E-state index contributed by atoms with van der Waals surface area (Å²) in [5, 5.41) is 3.03. The van der Waals surface area contributed by atoms with E-state index in [2.05, 4.69) is 20.0 Å². The Morgan fingerprint density at radius 3 is 2.52 bits per heavy atom. The Hall–Kier alpha value is -1.59. The molecule has 1 atom stereocenters. The smallest absolute Gasteiger partial charge is 0.225 e. The standard InChI is InChI=1S/C20H32N4O/c1-22(2)18-9-7-17(8-10-18)21-20(25)11-15-24-14-5-6-19(24)16-23-12-3-4-13-23/h7-10,19H,3-6,11-16H2,1-2H3,(H,21,25)/t19-/m0/s1. The van der Waals surface area contributed by atoms with Crippen LogP contribution in [0.1, 0.15) is 32.1 Å². The van der Waals surface area contributed by atoms with Crippen molar-refractivity contribution in [3.05, 3.63) is 24.3 Å². The molecule has 25 heavy (non-hydrogen) atoms. The Kier molecular flexibility index (Phi) is 6.32. The molecule has 0 unspecified atom stereocenters. The Balaban J connectivity index is 1.43. The average Bonchev–Trinajstić information content (AvgIpc) is 3.26. The highest BCUT2D eigenvalue weighted by atomic mass is 16.1. The summed E-state index contributed by atoms with van der Waals surface area (Å²) in [6.07, 6.45) is 5.83. The van der Waals surface area contributed by atoms with Crippen LogP contribution in [-0.2, 0) is 4.79 Å². The van der Waals surface area contributed by atoms with Gasteiger partial charge >= 0.3 is 0 Å². The molecule has 0 bridgehead atoms. The minimum atomic E-state index is 0.115. The van der Waals surface area contributed by atoms with Gasteiger partial charge in [-0.2, -0.15) is 0 Å². The van der Waals surface area contributed by atoms with Gasteiger partial charge in [0, 0.05) is 51.0 Å². The van der Waals surface area contributed by atoms with Crippen LogP contribution in [0.25, 0.3) is 0 Å². The Morgan fingerprint density at radius 2 is 1.84 bits per heavy atom. The molecule has 5 heteroatoms. The highest BCUT2D eigenvalue weighted by molar-refractivity contribution is 5.91. The van der Waals surface area contributed by atoms with E-state index in [0.29, 0.717) is 12.5 Å². The predicted octanol–water partition coefficient (Wildman–Crippen LogP) is 2.64. The number of anilines is 2. The van der Waals surface area contributed by atoms with E-state index in [0.717, 1.165) is 24.5 Å². The number of hydrogen-bond acceptors (Lipinski definition) is 4. The quantitative estimate of drug-likeness (QED) is 0.825. The fourth-order valence-corrected chi connectivity index (χ4v) is 3.97. The van der Waals surface area contributed by atoms with E-state index in [9.17, 15) is 4.79 Å². The highest BCUT2D eigenvalue weighted by Gasteiger charge is 2.27. The van der Waals surface area contributed by atoms with E-state index in [1.54, 1.807) is 0 Å². The number of nitrogens with zero attached hydrogens (tertiary/aromatic N) is 3. The maximum Gasteiger partial charge on any atom is 0.225 e. The molecule has 0 aliphatic carbocycles. The molecule has 0 aromatic heterocycles. The number of carbonyl (C=O) groups excluding carboxylic acids is 1. The molecule has 2 fully saturated rings. The van der Waals surface area contributed by atoms with Crippen molar-refractivity contribution in [3.63, 3.8) is 0 Å². The van der Waals surface area contributed by atoms with Crippen LogP contribution in [0.5, 0.6) is 0 Å². The van der Waals surface area contributed by atoms with Gasteiger partial charge in [0.2, 0.25) is 5.91 Å². The summed E-state index contributed by atoms with van der Waals surface area (Å²) in [5.41, 5.74) is 2.02. The van der Waals surface area contributed by atoms with Gasteiger partial charge in [-0.05, 0) is 69.6 Å². The topological polar surface area (TPSA) is 38.8 Å². The first-order valence-electron chi connectivity index (χ1n) is 9.65. The second-order valence-corrected chi connectivity index (χ2v) is 7.58. The molecule has 0 saturated carbocycles. The third-order valence-corrected chi connectivity index (χ3v) is 5.46. The van der Waals surface area contributed by atoms with E-state index in [1.807, 2.05) is 38.4 Å². The Labute approximate surface area is 152 Å².